The quantitative estimate of drug-likeness (QED) is 0.757. The van der Waals surface area contributed by atoms with Crippen LogP contribution < -0.4 is 19.8 Å². The molecule has 0 aliphatic heterocycles. The Morgan fingerprint density at radius 3 is 2.52 bits per heavy atom. The zero-order valence-corrected chi connectivity index (χ0v) is 16.8. The number of pyridine rings is 1. The van der Waals surface area contributed by atoms with Gasteiger partial charge in [0.05, 0.1) is 19.9 Å². The number of urea groups is 1. The van der Waals surface area contributed by atoms with Crippen molar-refractivity contribution in [2.45, 2.75) is 33.2 Å². The third-order valence-corrected chi connectivity index (χ3v) is 4.51. The summed E-state index contributed by atoms with van der Waals surface area (Å²) in [6.45, 7) is 6.99. The number of carbonyl (C=O) groups is 1. The van der Waals surface area contributed by atoms with E-state index in [1.54, 1.807) is 32.4 Å². The van der Waals surface area contributed by atoms with Crippen molar-refractivity contribution in [2.24, 2.45) is 5.92 Å². The first-order valence-corrected chi connectivity index (χ1v) is 9.22. The van der Waals surface area contributed by atoms with Crippen LogP contribution >= 0.6 is 0 Å². The number of nitrogens with one attached hydrogen (secondary N) is 2. The Bertz CT molecular complexity index is 735. The highest BCUT2D eigenvalue weighted by Gasteiger charge is 2.26. The predicted octanol–water partition coefficient (Wildman–Crippen LogP) is 4.16. The normalized spacial score (nSPS) is 11.8. The lowest BCUT2D eigenvalue weighted by atomic mass is 10.1. The molecule has 1 aromatic heterocycles. The monoisotopic (exact) mass is 372 g/mol. The fraction of sp³-hybridized carbons (Fsp3) is 0.429. The van der Waals surface area contributed by atoms with E-state index in [-0.39, 0.29) is 12.1 Å². The Hall–Kier alpha value is -2.76. The van der Waals surface area contributed by atoms with Gasteiger partial charge in [-0.1, -0.05) is 19.9 Å². The van der Waals surface area contributed by atoms with Crippen LogP contribution in [-0.2, 0) is 0 Å². The van der Waals surface area contributed by atoms with Crippen LogP contribution in [0.15, 0.2) is 42.6 Å². The number of aromatic nitrogens is 1. The number of aromatic amines is 1. The molecule has 0 aliphatic rings. The fourth-order valence-corrected chi connectivity index (χ4v) is 2.79. The van der Waals surface area contributed by atoms with Crippen LogP contribution in [0.1, 0.15) is 38.9 Å². The van der Waals surface area contributed by atoms with Gasteiger partial charge >= 0.3 is 6.03 Å². The van der Waals surface area contributed by atoms with E-state index < -0.39 is 0 Å². The average Bonchev–Trinajstić information content (AvgIpc) is 2.68. The summed E-state index contributed by atoms with van der Waals surface area (Å²) in [5.41, 5.74) is 1.60. The first-order valence-electron chi connectivity index (χ1n) is 9.22. The maximum atomic E-state index is 13.1. The Balaban J connectivity index is 2.23. The van der Waals surface area contributed by atoms with E-state index in [1.807, 2.05) is 36.2 Å². The lowest BCUT2D eigenvalue weighted by molar-refractivity contribution is -0.395. The van der Waals surface area contributed by atoms with Gasteiger partial charge in [0.15, 0.2) is 6.20 Å². The third-order valence-electron chi connectivity index (χ3n) is 4.51. The smallest absolute Gasteiger partial charge is 0.322 e. The SMILES string of the molecule is COc1ccc(NC(=O)N(CCC(C)C)C(C)c2cccc[nH+]2)c(OC)c1. The molecule has 1 heterocycles. The van der Waals surface area contributed by atoms with E-state index in [0.717, 1.165) is 12.1 Å². The van der Waals surface area contributed by atoms with E-state index in [4.69, 9.17) is 9.47 Å². The molecule has 1 atom stereocenters. The summed E-state index contributed by atoms with van der Waals surface area (Å²) in [5.74, 6) is 1.74. The van der Waals surface area contributed by atoms with Crippen molar-refractivity contribution < 1.29 is 19.3 Å². The maximum Gasteiger partial charge on any atom is 0.322 e. The molecule has 0 aliphatic carbocycles. The molecule has 146 valence electrons. The van der Waals surface area contributed by atoms with Crippen molar-refractivity contribution in [1.29, 1.82) is 0 Å². The summed E-state index contributed by atoms with van der Waals surface area (Å²) in [6.07, 6.45) is 2.79. The van der Waals surface area contributed by atoms with Crippen LogP contribution in [0.5, 0.6) is 11.5 Å². The first kappa shape index (κ1) is 20.6. The number of amides is 2. The molecule has 0 radical (unpaired) electrons. The molecule has 0 fully saturated rings. The van der Waals surface area contributed by atoms with Crippen LogP contribution in [0.4, 0.5) is 10.5 Å². The maximum absolute atomic E-state index is 13.1. The first-order chi connectivity index (χ1) is 13.0. The number of anilines is 1. The van der Waals surface area contributed by atoms with Gasteiger partial charge in [0.25, 0.3) is 0 Å². The summed E-state index contributed by atoms with van der Waals surface area (Å²) >= 11 is 0. The van der Waals surface area contributed by atoms with Crippen LogP contribution in [0, 0.1) is 5.92 Å². The highest BCUT2D eigenvalue weighted by atomic mass is 16.5. The van der Waals surface area contributed by atoms with Crippen LogP contribution in [0.3, 0.4) is 0 Å². The van der Waals surface area contributed by atoms with Crippen LogP contribution in [0.25, 0.3) is 0 Å². The van der Waals surface area contributed by atoms with Gasteiger partial charge in [-0.05, 0) is 31.4 Å². The van der Waals surface area contributed by atoms with Gasteiger partial charge in [0.2, 0.25) is 5.69 Å². The van der Waals surface area contributed by atoms with E-state index >= 15 is 0 Å². The fourth-order valence-electron chi connectivity index (χ4n) is 2.79. The molecule has 27 heavy (non-hydrogen) atoms. The minimum Gasteiger partial charge on any atom is -0.497 e. The van der Waals surface area contributed by atoms with Crippen molar-refractivity contribution >= 4 is 11.7 Å². The molecule has 0 bridgehead atoms. The second kappa shape index (κ2) is 9.80. The molecular weight excluding hydrogens is 342 g/mol. The number of benzene rings is 1. The second-order valence-electron chi connectivity index (χ2n) is 6.87. The van der Waals surface area contributed by atoms with Crippen LogP contribution in [-0.4, -0.2) is 31.7 Å². The Morgan fingerprint density at radius 1 is 1.15 bits per heavy atom. The Kier molecular flexibility index (Phi) is 7.46. The standard InChI is InChI=1S/C21H29N3O3/c1-15(2)11-13-24(16(3)18-8-6-7-12-22-18)21(25)23-19-10-9-17(26-4)14-20(19)27-5/h6-10,12,14-16H,11,13H2,1-5H3,(H,23,25)/p+1. The highest BCUT2D eigenvalue weighted by Crippen LogP contribution is 2.30. The van der Waals surface area contributed by atoms with Gasteiger partial charge in [-0.25, -0.2) is 9.78 Å². The number of methoxy groups -OCH3 is 2. The molecule has 2 N–H and O–H groups in total. The number of carbonyl (C=O) groups excluding carboxylic acids is 1. The average molecular weight is 372 g/mol. The molecule has 6 heteroatoms. The number of nitrogens with zero attached hydrogens (tertiary/aromatic N) is 1. The summed E-state index contributed by atoms with van der Waals surface area (Å²) in [7, 11) is 3.17. The zero-order valence-electron chi connectivity index (χ0n) is 16.8. The summed E-state index contributed by atoms with van der Waals surface area (Å²) in [4.78, 5) is 18.1. The van der Waals surface area contributed by atoms with E-state index in [2.05, 4.69) is 24.1 Å². The van der Waals surface area contributed by atoms with E-state index in [9.17, 15) is 4.79 Å². The largest absolute Gasteiger partial charge is 0.497 e. The minimum absolute atomic E-state index is 0.0887. The second-order valence-corrected chi connectivity index (χ2v) is 6.87. The minimum atomic E-state index is -0.163. The number of rotatable bonds is 8. The van der Waals surface area contributed by atoms with Gasteiger partial charge in [-0.2, -0.15) is 0 Å². The predicted molar refractivity (Wildman–Crippen MR) is 106 cm³/mol. The Morgan fingerprint density at radius 2 is 1.93 bits per heavy atom. The van der Waals surface area contributed by atoms with Crippen molar-refractivity contribution in [3.63, 3.8) is 0 Å². The topological polar surface area (TPSA) is 64.9 Å². The molecular formula is C21H30N3O3+. The van der Waals surface area contributed by atoms with E-state index in [0.29, 0.717) is 29.6 Å². The van der Waals surface area contributed by atoms with Gasteiger partial charge in [0.1, 0.15) is 17.5 Å². The molecule has 2 aromatic rings. The molecule has 1 aromatic carbocycles. The number of H-pyrrole nitrogens is 1. The summed E-state index contributed by atoms with van der Waals surface area (Å²) in [5, 5.41) is 2.98. The van der Waals surface area contributed by atoms with E-state index in [1.165, 1.54) is 0 Å². The van der Waals surface area contributed by atoms with Crippen molar-refractivity contribution in [3.8, 4) is 11.5 Å². The van der Waals surface area contributed by atoms with Crippen molar-refractivity contribution in [1.82, 2.24) is 4.90 Å². The van der Waals surface area contributed by atoms with Gasteiger partial charge in [0, 0.05) is 24.7 Å². The molecule has 2 rings (SSSR count). The number of hydrogen-bond donors (Lipinski definition) is 1. The summed E-state index contributed by atoms with van der Waals surface area (Å²) in [6, 6.07) is 11.0. The molecule has 2 amide bonds. The number of hydrogen-bond acceptors (Lipinski definition) is 3. The van der Waals surface area contributed by atoms with Gasteiger partial charge < -0.3 is 19.7 Å². The Labute approximate surface area is 161 Å². The van der Waals surface area contributed by atoms with Crippen molar-refractivity contribution in [3.05, 3.63) is 48.3 Å². The third kappa shape index (κ3) is 5.61. The number of ether oxygens (including phenoxy) is 2. The lowest BCUT2D eigenvalue weighted by Crippen LogP contribution is -2.40. The van der Waals surface area contributed by atoms with Crippen molar-refractivity contribution in [2.75, 3.05) is 26.1 Å². The molecule has 0 spiro atoms. The van der Waals surface area contributed by atoms with Crippen LogP contribution in [0.2, 0.25) is 0 Å². The molecule has 0 saturated heterocycles. The summed E-state index contributed by atoms with van der Waals surface area (Å²) < 4.78 is 10.6. The molecule has 1 unspecified atom stereocenters. The van der Waals surface area contributed by atoms with Gasteiger partial charge in [-0.15, -0.1) is 0 Å². The highest BCUT2D eigenvalue weighted by molar-refractivity contribution is 5.91. The zero-order chi connectivity index (χ0) is 19.8. The van der Waals surface area contributed by atoms with Gasteiger partial charge in [-0.3, -0.25) is 0 Å². The molecule has 0 saturated carbocycles. The molecule has 6 nitrogen and oxygen atoms in total. The lowest BCUT2D eigenvalue weighted by Gasteiger charge is -2.28.